The Hall–Kier alpha value is -2.04. The van der Waals surface area contributed by atoms with E-state index in [2.05, 4.69) is 16.0 Å². The first-order chi connectivity index (χ1) is 9.12. The molecule has 1 aromatic rings. The molecule has 0 aliphatic heterocycles. The predicted molar refractivity (Wildman–Crippen MR) is 76.3 cm³/mol. The smallest absolute Gasteiger partial charge is 0.319 e. The van der Waals surface area contributed by atoms with E-state index in [0.717, 1.165) is 29.7 Å². The third-order valence-electron chi connectivity index (χ3n) is 2.93. The third-order valence-corrected chi connectivity index (χ3v) is 2.93. The average Bonchev–Trinajstić information content (AvgIpc) is 2.44. The van der Waals surface area contributed by atoms with Gasteiger partial charge in [-0.15, -0.1) is 0 Å². The van der Waals surface area contributed by atoms with Gasteiger partial charge in [-0.05, 0) is 24.0 Å². The van der Waals surface area contributed by atoms with Gasteiger partial charge in [0.2, 0.25) is 5.91 Å². The molecule has 0 unspecified atom stereocenters. The number of benzene rings is 1. The standard InChI is InChI=1S/C14H21N3O2/c1-4-10-7-6-8-11(5-2)13(10)17-14(19)16-9-12(18)15-3/h6-8H,4-5,9H2,1-3H3,(H,15,18)(H2,16,17,19). The van der Waals surface area contributed by atoms with Gasteiger partial charge in [0.05, 0.1) is 6.54 Å². The van der Waals surface area contributed by atoms with Crippen LogP contribution in [0.4, 0.5) is 10.5 Å². The lowest BCUT2D eigenvalue weighted by atomic mass is 10.0. The number of urea groups is 1. The maximum Gasteiger partial charge on any atom is 0.319 e. The number of nitrogens with one attached hydrogen (secondary N) is 3. The minimum absolute atomic E-state index is 0.0297. The van der Waals surface area contributed by atoms with Crippen molar-refractivity contribution in [3.8, 4) is 0 Å². The topological polar surface area (TPSA) is 70.2 Å². The average molecular weight is 263 g/mol. The van der Waals surface area contributed by atoms with Crippen LogP contribution in [-0.4, -0.2) is 25.5 Å². The predicted octanol–water partition coefficient (Wildman–Crippen LogP) is 1.68. The summed E-state index contributed by atoms with van der Waals surface area (Å²) in [6.45, 7) is 4.06. The van der Waals surface area contributed by atoms with Crippen molar-refractivity contribution in [3.63, 3.8) is 0 Å². The van der Waals surface area contributed by atoms with E-state index in [9.17, 15) is 9.59 Å². The van der Waals surface area contributed by atoms with Crippen molar-refractivity contribution in [2.24, 2.45) is 0 Å². The molecule has 19 heavy (non-hydrogen) atoms. The number of anilines is 1. The molecule has 1 aromatic carbocycles. The van der Waals surface area contributed by atoms with Crippen molar-refractivity contribution < 1.29 is 9.59 Å². The number of aryl methyl sites for hydroxylation is 2. The number of hydrogen-bond acceptors (Lipinski definition) is 2. The van der Waals surface area contributed by atoms with Gasteiger partial charge in [-0.1, -0.05) is 32.0 Å². The first kappa shape index (κ1) is 15.0. The highest BCUT2D eigenvalue weighted by molar-refractivity contribution is 5.93. The number of rotatable bonds is 5. The van der Waals surface area contributed by atoms with Crippen LogP contribution in [0.5, 0.6) is 0 Å². The minimum atomic E-state index is -0.362. The van der Waals surface area contributed by atoms with Crippen molar-refractivity contribution >= 4 is 17.6 Å². The van der Waals surface area contributed by atoms with E-state index in [1.165, 1.54) is 7.05 Å². The van der Waals surface area contributed by atoms with Crippen molar-refractivity contribution in [2.75, 3.05) is 18.9 Å². The van der Waals surface area contributed by atoms with E-state index in [0.29, 0.717) is 0 Å². The van der Waals surface area contributed by atoms with E-state index in [-0.39, 0.29) is 18.5 Å². The minimum Gasteiger partial charge on any atom is -0.358 e. The molecule has 0 aliphatic carbocycles. The summed E-state index contributed by atoms with van der Waals surface area (Å²) in [5.74, 6) is -0.227. The van der Waals surface area contributed by atoms with Gasteiger partial charge in [0.25, 0.3) is 0 Å². The number of carbonyl (C=O) groups is 2. The molecular formula is C14H21N3O2. The molecule has 3 N–H and O–H groups in total. The molecule has 104 valence electrons. The quantitative estimate of drug-likeness (QED) is 0.756. The molecule has 0 fully saturated rings. The summed E-state index contributed by atoms with van der Waals surface area (Å²) in [7, 11) is 1.53. The van der Waals surface area contributed by atoms with Crippen LogP contribution in [0.25, 0.3) is 0 Å². The highest BCUT2D eigenvalue weighted by Gasteiger charge is 2.10. The van der Waals surface area contributed by atoms with Crippen LogP contribution in [0.15, 0.2) is 18.2 Å². The maximum absolute atomic E-state index is 11.8. The molecule has 0 aromatic heterocycles. The lowest BCUT2D eigenvalue weighted by Gasteiger charge is -2.14. The maximum atomic E-state index is 11.8. The molecule has 0 aliphatic rings. The van der Waals surface area contributed by atoms with Gasteiger partial charge in [0, 0.05) is 12.7 Å². The normalized spacial score (nSPS) is 9.84. The van der Waals surface area contributed by atoms with E-state index < -0.39 is 0 Å². The number of carbonyl (C=O) groups excluding carboxylic acids is 2. The molecule has 5 nitrogen and oxygen atoms in total. The van der Waals surface area contributed by atoms with E-state index in [1.807, 2.05) is 32.0 Å². The highest BCUT2D eigenvalue weighted by atomic mass is 16.2. The van der Waals surface area contributed by atoms with Crippen LogP contribution in [0.3, 0.4) is 0 Å². The lowest BCUT2D eigenvalue weighted by molar-refractivity contribution is -0.119. The Balaban J connectivity index is 2.75. The monoisotopic (exact) mass is 263 g/mol. The highest BCUT2D eigenvalue weighted by Crippen LogP contribution is 2.22. The van der Waals surface area contributed by atoms with Gasteiger partial charge in [-0.3, -0.25) is 4.79 Å². The summed E-state index contributed by atoms with van der Waals surface area (Å²) in [4.78, 5) is 22.8. The number of amides is 3. The molecule has 0 atom stereocenters. The first-order valence-electron chi connectivity index (χ1n) is 6.48. The molecule has 1 rings (SSSR count). The molecule has 5 heteroatoms. The Morgan fingerprint density at radius 3 is 2.16 bits per heavy atom. The number of hydrogen-bond donors (Lipinski definition) is 3. The Labute approximate surface area is 113 Å². The SMILES string of the molecule is CCc1cccc(CC)c1NC(=O)NCC(=O)NC. The largest absolute Gasteiger partial charge is 0.358 e. The van der Waals surface area contributed by atoms with Crippen LogP contribution in [-0.2, 0) is 17.6 Å². The Morgan fingerprint density at radius 2 is 1.68 bits per heavy atom. The molecule has 0 saturated carbocycles. The Morgan fingerprint density at radius 1 is 1.11 bits per heavy atom. The third kappa shape index (κ3) is 4.28. The summed E-state index contributed by atoms with van der Waals surface area (Å²) in [6.07, 6.45) is 1.69. The van der Waals surface area contributed by atoms with E-state index in [4.69, 9.17) is 0 Å². The molecule has 0 saturated heterocycles. The summed E-state index contributed by atoms with van der Waals surface area (Å²) < 4.78 is 0. The second kappa shape index (κ2) is 7.41. The van der Waals surface area contributed by atoms with Gasteiger partial charge in [0.1, 0.15) is 0 Å². The molecule has 0 spiro atoms. The fourth-order valence-electron chi connectivity index (χ4n) is 1.81. The number of likely N-dealkylation sites (N-methyl/N-ethyl adjacent to an activating group) is 1. The summed E-state index contributed by atoms with van der Waals surface area (Å²) >= 11 is 0. The van der Waals surface area contributed by atoms with Gasteiger partial charge in [-0.25, -0.2) is 4.79 Å². The van der Waals surface area contributed by atoms with Crippen LogP contribution >= 0.6 is 0 Å². The molecule has 3 amide bonds. The fraction of sp³-hybridized carbons (Fsp3) is 0.429. The van der Waals surface area contributed by atoms with Gasteiger partial charge in [0.15, 0.2) is 0 Å². The summed E-state index contributed by atoms with van der Waals surface area (Å²) in [6, 6.07) is 5.62. The molecule has 0 bridgehead atoms. The van der Waals surface area contributed by atoms with Crippen molar-refractivity contribution in [3.05, 3.63) is 29.3 Å². The summed E-state index contributed by atoms with van der Waals surface area (Å²) in [5.41, 5.74) is 3.03. The zero-order chi connectivity index (χ0) is 14.3. The molecule has 0 radical (unpaired) electrons. The first-order valence-corrected chi connectivity index (χ1v) is 6.48. The van der Waals surface area contributed by atoms with Crippen molar-refractivity contribution in [1.29, 1.82) is 0 Å². The van der Waals surface area contributed by atoms with Gasteiger partial charge < -0.3 is 16.0 Å². The van der Waals surface area contributed by atoms with E-state index in [1.54, 1.807) is 0 Å². The Kier molecular flexibility index (Phi) is 5.85. The fourth-order valence-corrected chi connectivity index (χ4v) is 1.81. The van der Waals surface area contributed by atoms with Crippen LogP contribution in [0.2, 0.25) is 0 Å². The Bertz CT molecular complexity index is 436. The summed E-state index contributed by atoms with van der Waals surface area (Å²) in [5, 5.41) is 7.80. The van der Waals surface area contributed by atoms with E-state index >= 15 is 0 Å². The molecular weight excluding hydrogens is 242 g/mol. The van der Waals surface area contributed by atoms with Gasteiger partial charge >= 0.3 is 6.03 Å². The van der Waals surface area contributed by atoms with Crippen molar-refractivity contribution in [2.45, 2.75) is 26.7 Å². The second-order valence-electron chi connectivity index (χ2n) is 4.14. The number of para-hydroxylation sites is 1. The van der Waals surface area contributed by atoms with Crippen LogP contribution in [0, 0.1) is 0 Å². The van der Waals surface area contributed by atoms with Crippen molar-refractivity contribution in [1.82, 2.24) is 10.6 Å². The zero-order valence-corrected chi connectivity index (χ0v) is 11.7. The second-order valence-corrected chi connectivity index (χ2v) is 4.14. The lowest BCUT2D eigenvalue weighted by Crippen LogP contribution is -2.37. The van der Waals surface area contributed by atoms with Crippen LogP contribution in [0.1, 0.15) is 25.0 Å². The molecule has 0 heterocycles. The van der Waals surface area contributed by atoms with Gasteiger partial charge in [-0.2, -0.15) is 0 Å². The zero-order valence-electron chi connectivity index (χ0n) is 11.7. The van der Waals surface area contributed by atoms with Crippen LogP contribution < -0.4 is 16.0 Å².